The van der Waals surface area contributed by atoms with Gasteiger partial charge in [-0.05, 0) is 38.6 Å². The normalized spacial score (nSPS) is 21.0. The molecule has 23 heavy (non-hydrogen) atoms. The fourth-order valence-corrected chi connectivity index (χ4v) is 4.01. The molecule has 0 bridgehead atoms. The molecule has 1 spiro atoms. The van der Waals surface area contributed by atoms with Crippen LogP contribution in [0.3, 0.4) is 0 Å². The van der Waals surface area contributed by atoms with Gasteiger partial charge in [-0.2, -0.15) is 0 Å². The van der Waals surface area contributed by atoms with Gasteiger partial charge in [-0.25, -0.2) is 4.98 Å². The number of hydrogen-bond donors (Lipinski definition) is 0. The van der Waals surface area contributed by atoms with Crippen LogP contribution in [0.5, 0.6) is 0 Å². The number of ether oxygens (including phenoxy) is 1. The van der Waals surface area contributed by atoms with Crippen molar-refractivity contribution in [3.63, 3.8) is 0 Å². The summed E-state index contributed by atoms with van der Waals surface area (Å²) in [7, 11) is 1.76. The quantitative estimate of drug-likeness (QED) is 0.772. The summed E-state index contributed by atoms with van der Waals surface area (Å²) in [6.45, 7) is 4.74. The monoisotopic (exact) mass is 318 g/mol. The number of rotatable bonds is 5. The van der Waals surface area contributed by atoms with Crippen LogP contribution in [0.15, 0.2) is 18.6 Å². The van der Waals surface area contributed by atoms with Crippen LogP contribution in [0.1, 0.15) is 42.6 Å². The summed E-state index contributed by atoms with van der Waals surface area (Å²) in [5, 5.41) is 0. The second-order valence-corrected chi connectivity index (χ2v) is 6.54. The highest BCUT2D eigenvalue weighted by atomic mass is 16.5. The van der Waals surface area contributed by atoms with E-state index >= 15 is 0 Å². The summed E-state index contributed by atoms with van der Waals surface area (Å²) < 4.78 is 5.18. The topological polar surface area (TPSA) is 58.6 Å². The second-order valence-electron chi connectivity index (χ2n) is 6.54. The van der Waals surface area contributed by atoms with Crippen LogP contribution < -0.4 is 0 Å². The molecule has 3 rings (SSSR count). The van der Waals surface area contributed by atoms with E-state index in [1.807, 2.05) is 4.90 Å². The molecule has 0 atom stereocenters. The fraction of sp³-hybridized carbons (Fsp3) is 0.706. The first-order valence-corrected chi connectivity index (χ1v) is 8.54. The molecular formula is C17H26N4O2. The molecule has 1 aromatic rings. The molecule has 1 amide bonds. The number of carbonyl (C=O) groups is 1. The lowest BCUT2D eigenvalue weighted by molar-refractivity contribution is 0.0378. The minimum Gasteiger partial charge on any atom is -0.385 e. The molecule has 3 heterocycles. The average Bonchev–Trinajstić information content (AvgIpc) is 2.98. The van der Waals surface area contributed by atoms with Gasteiger partial charge in [-0.15, -0.1) is 0 Å². The van der Waals surface area contributed by atoms with Crippen molar-refractivity contribution < 1.29 is 9.53 Å². The Labute approximate surface area is 137 Å². The maximum absolute atomic E-state index is 12.5. The molecule has 0 aromatic carbocycles. The molecule has 0 radical (unpaired) electrons. The lowest BCUT2D eigenvalue weighted by Crippen LogP contribution is -2.53. The van der Waals surface area contributed by atoms with Gasteiger partial charge in [0.2, 0.25) is 0 Å². The molecule has 0 aliphatic carbocycles. The lowest BCUT2D eigenvalue weighted by atomic mass is 9.84. The molecule has 0 saturated carbocycles. The van der Waals surface area contributed by atoms with Crippen molar-refractivity contribution in [3.05, 3.63) is 24.3 Å². The second kappa shape index (κ2) is 7.36. The van der Waals surface area contributed by atoms with Gasteiger partial charge in [0.15, 0.2) is 0 Å². The largest absolute Gasteiger partial charge is 0.385 e. The molecule has 2 aliphatic rings. The number of amides is 1. The number of likely N-dealkylation sites (tertiary alicyclic amines) is 2. The van der Waals surface area contributed by atoms with Gasteiger partial charge < -0.3 is 9.64 Å². The zero-order valence-corrected chi connectivity index (χ0v) is 13.9. The summed E-state index contributed by atoms with van der Waals surface area (Å²) in [6.07, 6.45) is 10.5. The van der Waals surface area contributed by atoms with Gasteiger partial charge in [-0.1, -0.05) is 0 Å². The van der Waals surface area contributed by atoms with Crippen LogP contribution in [0.25, 0.3) is 0 Å². The summed E-state index contributed by atoms with van der Waals surface area (Å²) in [5.74, 6) is 0.0110. The van der Waals surface area contributed by atoms with Crippen LogP contribution in [0.4, 0.5) is 0 Å². The molecule has 2 aliphatic heterocycles. The van der Waals surface area contributed by atoms with Gasteiger partial charge in [0.05, 0.1) is 6.20 Å². The number of hydrogen-bond acceptors (Lipinski definition) is 5. The van der Waals surface area contributed by atoms with Crippen molar-refractivity contribution in [3.8, 4) is 0 Å². The fourth-order valence-electron chi connectivity index (χ4n) is 4.01. The number of nitrogens with zero attached hydrogens (tertiary/aromatic N) is 4. The summed E-state index contributed by atoms with van der Waals surface area (Å²) >= 11 is 0. The Morgan fingerprint density at radius 1 is 1.26 bits per heavy atom. The van der Waals surface area contributed by atoms with Crippen molar-refractivity contribution in [1.82, 2.24) is 19.8 Å². The maximum Gasteiger partial charge on any atom is 0.274 e. The third kappa shape index (κ3) is 3.53. The zero-order chi connectivity index (χ0) is 16.1. The Bertz CT molecular complexity index is 515. The van der Waals surface area contributed by atoms with Gasteiger partial charge in [0, 0.05) is 51.3 Å². The highest BCUT2D eigenvalue weighted by molar-refractivity contribution is 5.92. The summed E-state index contributed by atoms with van der Waals surface area (Å²) in [6, 6.07) is 0. The number of piperidine rings is 1. The van der Waals surface area contributed by atoms with Gasteiger partial charge in [0.25, 0.3) is 5.91 Å². The van der Waals surface area contributed by atoms with E-state index in [1.165, 1.54) is 19.4 Å². The van der Waals surface area contributed by atoms with Crippen LogP contribution >= 0.6 is 0 Å². The van der Waals surface area contributed by atoms with Crippen molar-refractivity contribution in [2.75, 3.05) is 39.9 Å². The molecule has 0 N–H and O–H groups in total. The zero-order valence-electron chi connectivity index (χ0n) is 13.9. The number of methoxy groups -OCH3 is 1. The van der Waals surface area contributed by atoms with Crippen molar-refractivity contribution >= 4 is 5.91 Å². The van der Waals surface area contributed by atoms with Crippen LogP contribution in [-0.4, -0.2) is 71.1 Å². The minimum atomic E-state index is 0.0110. The van der Waals surface area contributed by atoms with E-state index < -0.39 is 0 Å². The SMILES string of the molecule is COCCCN1CCCC12CCN(C(=O)c1cnccn1)CC2. The molecule has 2 fully saturated rings. The third-order valence-corrected chi connectivity index (χ3v) is 5.28. The molecule has 6 nitrogen and oxygen atoms in total. The Kier molecular flexibility index (Phi) is 5.23. The Morgan fingerprint density at radius 3 is 2.78 bits per heavy atom. The van der Waals surface area contributed by atoms with Crippen LogP contribution in [0, 0.1) is 0 Å². The average molecular weight is 318 g/mol. The van der Waals surface area contributed by atoms with E-state index in [0.717, 1.165) is 45.5 Å². The molecule has 6 heteroatoms. The Balaban J connectivity index is 1.58. The van der Waals surface area contributed by atoms with Crippen LogP contribution in [0.2, 0.25) is 0 Å². The summed E-state index contributed by atoms with van der Waals surface area (Å²) in [5.41, 5.74) is 0.749. The van der Waals surface area contributed by atoms with E-state index in [4.69, 9.17) is 4.74 Å². The molecule has 126 valence electrons. The van der Waals surface area contributed by atoms with Crippen molar-refractivity contribution in [1.29, 1.82) is 0 Å². The first-order valence-electron chi connectivity index (χ1n) is 8.54. The molecule has 1 aromatic heterocycles. The van der Waals surface area contributed by atoms with E-state index in [2.05, 4.69) is 14.9 Å². The molecule has 0 unspecified atom stereocenters. The third-order valence-electron chi connectivity index (χ3n) is 5.28. The minimum absolute atomic E-state index is 0.0110. The maximum atomic E-state index is 12.5. The Hall–Kier alpha value is -1.53. The smallest absolute Gasteiger partial charge is 0.274 e. The van der Waals surface area contributed by atoms with Gasteiger partial charge in [-0.3, -0.25) is 14.7 Å². The number of carbonyl (C=O) groups excluding carboxylic acids is 1. The van der Waals surface area contributed by atoms with Gasteiger partial charge in [0.1, 0.15) is 5.69 Å². The molecule has 2 saturated heterocycles. The summed E-state index contributed by atoms with van der Waals surface area (Å²) in [4.78, 5) is 25.2. The van der Waals surface area contributed by atoms with Crippen molar-refractivity contribution in [2.24, 2.45) is 0 Å². The lowest BCUT2D eigenvalue weighted by Gasteiger charge is -2.45. The first-order chi connectivity index (χ1) is 11.2. The van der Waals surface area contributed by atoms with E-state index in [-0.39, 0.29) is 5.91 Å². The van der Waals surface area contributed by atoms with E-state index in [0.29, 0.717) is 11.2 Å². The van der Waals surface area contributed by atoms with Crippen LogP contribution in [-0.2, 0) is 4.74 Å². The molecular weight excluding hydrogens is 292 g/mol. The highest BCUT2D eigenvalue weighted by Crippen LogP contribution is 2.38. The van der Waals surface area contributed by atoms with E-state index in [1.54, 1.807) is 25.7 Å². The predicted octanol–water partition coefficient (Wildman–Crippen LogP) is 1.58. The standard InChI is InChI=1S/C17H26N4O2/c1-23-13-3-10-21-9-2-4-17(21)5-11-20(12-6-17)16(22)15-14-18-7-8-19-15/h7-8,14H,2-6,9-13H2,1H3. The first kappa shape index (κ1) is 16.3. The van der Waals surface area contributed by atoms with Gasteiger partial charge >= 0.3 is 0 Å². The van der Waals surface area contributed by atoms with E-state index in [9.17, 15) is 4.79 Å². The number of aromatic nitrogens is 2. The Morgan fingerprint density at radius 2 is 2.09 bits per heavy atom. The highest BCUT2D eigenvalue weighted by Gasteiger charge is 2.43. The van der Waals surface area contributed by atoms with Crippen molar-refractivity contribution in [2.45, 2.75) is 37.6 Å². The predicted molar refractivity (Wildman–Crippen MR) is 87.2 cm³/mol.